The standard InChI is InChI=1S/C24H31N3O7/c1-6-10-25-20(28)17-9-7-8-15-12-26(14-18(15)17)22(30)33-16-11-19(21(29)32-5)27(13-16)23(31)34-24(2,3)4/h6-9,16,19H,1,10-14H2,2-5H3,(H,25,28)/t16-,19+/m1/s1. The Morgan fingerprint density at radius 3 is 2.56 bits per heavy atom. The fourth-order valence-electron chi connectivity index (χ4n) is 4.01. The molecule has 0 bridgehead atoms. The number of esters is 1. The van der Waals surface area contributed by atoms with E-state index in [1.165, 1.54) is 16.9 Å². The smallest absolute Gasteiger partial charge is 0.411 e. The highest BCUT2D eigenvalue weighted by molar-refractivity contribution is 5.96. The van der Waals surface area contributed by atoms with Gasteiger partial charge in [0.2, 0.25) is 0 Å². The van der Waals surface area contributed by atoms with Gasteiger partial charge in [-0.05, 0) is 38.0 Å². The lowest BCUT2D eigenvalue weighted by atomic mass is 10.0. The van der Waals surface area contributed by atoms with Crippen molar-refractivity contribution in [2.75, 3.05) is 20.2 Å². The van der Waals surface area contributed by atoms with Crippen LogP contribution in [0.2, 0.25) is 0 Å². The highest BCUT2D eigenvalue weighted by Crippen LogP contribution is 2.29. The van der Waals surface area contributed by atoms with Gasteiger partial charge < -0.3 is 19.5 Å². The lowest BCUT2D eigenvalue weighted by Crippen LogP contribution is -2.44. The van der Waals surface area contributed by atoms with Gasteiger partial charge in [-0.1, -0.05) is 18.2 Å². The number of benzene rings is 1. The molecule has 2 aliphatic heterocycles. The van der Waals surface area contributed by atoms with Crippen LogP contribution in [0.4, 0.5) is 9.59 Å². The van der Waals surface area contributed by atoms with Crippen molar-refractivity contribution in [2.24, 2.45) is 0 Å². The minimum absolute atomic E-state index is 0.0103. The number of hydrogen-bond donors (Lipinski definition) is 1. The van der Waals surface area contributed by atoms with E-state index in [0.717, 1.165) is 11.1 Å². The number of fused-ring (bicyclic) bond motifs is 1. The zero-order valence-electron chi connectivity index (χ0n) is 20.0. The van der Waals surface area contributed by atoms with Crippen molar-refractivity contribution in [3.63, 3.8) is 0 Å². The van der Waals surface area contributed by atoms with Gasteiger partial charge in [0.1, 0.15) is 17.7 Å². The molecule has 10 heteroatoms. The van der Waals surface area contributed by atoms with Crippen LogP contribution < -0.4 is 5.32 Å². The van der Waals surface area contributed by atoms with Crippen molar-refractivity contribution >= 4 is 24.1 Å². The van der Waals surface area contributed by atoms with E-state index < -0.39 is 35.9 Å². The van der Waals surface area contributed by atoms with Crippen LogP contribution in [0.5, 0.6) is 0 Å². The number of carbonyl (C=O) groups excluding carboxylic acids is 4. The summed E-state index contributed by atoms with van der Waals surface area (Å²) in [7, 11) is 1.24. The maximum atomic E-state index is 12.9. The monoisotopic (exact) mass is 473 g/mol. The fraction of sp³-hybridized carbons (Fsp3) is 0.500. The minimum atomic E-state index is -0.909. The van der Waals surface area contributed by atoms with E-state index in [-0.39, 0.29) is 25.4 Å². The summed E-state index contributed by atoms with van der Waals surface area (Å²) in [6.07, 6.45) is -0.274. The predicted molar refractivity (Wildman–Crippen MR) is 122 cm³/mol. The first-order valence-corrected chi connectivity index (χ1v) is 11.1. The lowest BCUT2D eigenvalue weighted by Gasteiger charge is -2.27. The molecule has 2 heterocycles. The molecule has 184 valence electrons. The van der Waals surface area contributed by atoms with Crippen molar-refractivity contribution < 1.29 is 33.4 Å². The van der Waals surface area contributed by atoms with Gasteiger partial charge in [-0.2, -0.15) is 0 Å². The highest BCUT2D eigenvalue weighted by atomic mass is 16.6. The summed E-state index contributed by atoms with van der Waals surface area (Å²) < 4.78 is 15.9. The summed E-state index contributed by atoms with van der Waals surface area (Å²) in [6.45, 7) is 9.62. The van der Waals surface area contributed by atoms with E-state index in [2.05, 4.69) is 11.9 Å². The van der Waals surface area contributed by atoms with Crippen LogP contribution >= 0.6 is 0 Å². The molecule has 2 aliphatic rings. The molecule has 0 aromatic heterocycles. The van der Waals surface area contributed by atoms with Crippen LogP contribution in [0, 0.1) is 0 Å². The topological polar surface area (TPSA) is 114 Å². The first-order valence-electron chi connectivity index (χ1n) is 11.1. The normalized spacial score (nSPS) is 19.3. The summed E-state index contributed by atoms with van der Waals surface area (Å²) in [5.41, 5.74) is 1.37. The number of hydrogen-bond acceptors (Lipinski definition) is 7. The molecule has 0 unspecified atom stereocenters. The highest BCUT2D eigenvalue weighted by Gasteiger charge is 2.44. The molecule has 10 nitrogen and oxygen atoms in total. The number of likely N-dealkylation sites (tertiary alicyclic amines) is 1. The van der Waals surface area contributed by atoms with Crippen molar-refractivity contribution in [3.8, 4) is 0 Å². The molecule has 1 aromatic carbocycles. The summed E-state index contributed by atoms with van der Waals surface area (Å²) in [4.78, 5) is 52.9. The first kappa shape index (κ1) is 25.1. The Hall–Kier alpha value is -3.56. The summed E-state index contributed by atoms with van der Waals surface area (Å²) >= 11 is 0. The second-order valence-electron chi connectivity index (χ2n) is 9.21. The molecule has 1 fully saturated rings. The van der Waals surface area contributed by atoms with Crippen LogP contribution in [-0.4, -0.2) is 71.8 Å². The summed E-state index contributed by atoms with van der Waals surface area (Å²) in [5.74, 6) is -0.843. The molecule has 0 radical (unpaired) electrons. The molecular formula is C24H31N3O7. The van der Waals surface area contributed by atoms with Gasteiger partial charge in [-0.15, -0.1) is 6.58 Å². The third-order valence-corrected chi connectivity index (χ3v) is 5.52. The molecule has 1 N–H and O–H groups in total. The zero-order chi connectivity index (χ0) is 25.0. The number of methoxy groups -OCH3 is 1. The Morgan fingerprint density at radius 1 is 1.18 bits per heavy atom. The minimum Gasteiger partial charge on any atom is -0.467 e. The van der Waals surface area contributed by atoms with Gasteiger partial charge in [-0.3, -0.25) is 14.6 Å². The number of rotatable bonds is 5. The van der Waals surface area contributed by atoms with E-state index in [4.69, 9.17) is 14.2 Å². The van der Waals surface area contributed by atoms with E-state index in [9.17, 15) is 19.2 Å². The lowest BCUT2D eigenvalue weighted by molar-refractivity contribution is -0.145. The quantitative estimate of drug-likeness (QED) is 0.397. The van der Waals surface area contributed by atoms with Crippen LogP contribution in [0.15, 0.2) is 30.9 Å². The molecule has 0 spiro atoms. The third-order valence-electron chi connectivity index (χ3n) is 5.52. The van der Waals surface area contributed by atoms with E-state index in [0.29, 0.717) is 18.7 Å². The number of carbonyl (C=O) groups is 4. The van der Waals surface area contributed by atoms with Gasteiger partial charge in [0, 0.05) is 25.1 Å². The SMILES string of the molecule is C=CCNC(=O)c1cccc2c1CN(C(=O)O[C@@H]1C[C@@H](C(=O)OC)N(C(=O)OC(C)(C)C)C1)C2. The fourth-order valence-corrected chi connectivity index (χ4v) is 4.01. The van der Waals surface area contributed by atoms with E-state index in [1.807, 2.05) is 6.07 Å². The van der Waals surface area contributed by atoms with Crippen molar-refractivity contribution in [1.82, 2.24) is 15.1 Å². The molecule has 2 atom stereocenters. The molecule has 1 aromatic rings. The van der Waals surface area contributed by atoms with Crippen molar-refractivity contribution in [1.29, 1.82) is 0 Å². The van der Waals surface area contributed by atoms with Gasteiger partial charge in [0.15, 0.2) is 0 Å². The molecular weight excluding hydrogens is 442 g/mol. The summed E-state index contributed by atoms with van der Waals surface area (Å²) in [5, 5.41) is 2.75. The second kappa shape index (κ2) is 10.1. The Bertz CT molecular complexity index is 985. The number of ether oxygens (including phenoxy) is 3. The van der Waals surface area contributed by atoms with Crippen LogP contribution in [0.3, 0.4) is 0 Å². The maximum Gasteiger partial charge on any atom is 0.411 e. The Labute approximate surface area is 198 Å². The van der Waals surface area contributed by atoms with Crippen LogP contribution in [-0.2, 0) is 32.1 Å². The Morgan fingerprint density at radius 2 is 1.91 bits per heavy atom. The van der Waals surface area contributed by atoms with Crippen molar-refractivity contribution in [2.45, 2.75) is 58.0 Å². The average molecular weight is 474 g/mol. The molecule has 3 rings (SSSR count). The Balaban J connectivity index is 1.67. The number of nitrogens with one attached hydrogen (secondary N) is 1. The zero-order valence-corrected chi connectivity index (χ0v) is 20.0. The number of amides is 3. The predicted octanol–water partition coefficient (Wildman–Crippen LogP) is 2.61. The van der Waals surface area contributed by atoms with Crippen LogP contribution in [0.1, 0.15) is 48.7 Å². The molecule has 1 saturated heterocycles. The third kappa shape index (κ3) is 5.67. The second-order valence-corrected chi connectivity index (χ2v) is 9.21. The molecule has 0 saturated carbocycles. The van der Waals surface area contributed by atoms with E-state index >= 15 is 0 Å². The van der Waals surface area contributed by atoms with Gasteiger partial charge in [0.25, 0.3) is 5.91 Å². The maximum absolute atomic E-state index is 12.9. The van der Waals surface area contributed by atoms with Gasteiger partial charge in [0.05, 0.1) is 20.2 Å². The summed E-state index contributed by atoms with van der Waals surface area (Å²) in [6, 6.07) is 4.43. The van der Waals surface area contributed by atoms with Gasteiger partial charge >= 0.3 is 18.2 Å². The first-order chi connectivity index (χ1) is 16.0. The van der Waals surface area contributed by atoms with Gasteiger partial charge in [-0.25, -0.2) is 14.4 Å². The molecule has 3 amide bonds. The Kier molecular flexibility index (Phi) is 7.48. The largest absolute Gasteiger partial charge is 0.467 e. The van der Waals surface area contributed by atoms with Crippen molar-refractivity contribution in [3.05, 3.63) is 47.5 Å². The van der Waals surface area contributed by atoms with E-state index in [1.54, 1.807) is 39.0 Å². The molecule has 0 aliphatic carbocycles. The number of nitrogens with zero attached hydrogens (tertiary/aromatic N) is 2. The van der Waals surface area contributed by atoms with Crippen LogP contribution in [0.25, 0.3) is 0 Å². The molecule has 34 heavy (non-hydrogen) atoms. The average Bonchev–Trinajstić information content (AvgIpc) is 3.40.